The number of fused-ring (bicyclic) bond motifs is 1. The predicted octanol–water partition coefficient (Wildman–Crippen LogP) is 2.36. The van der Waals surface area contributed by atoms with Gasteiger partial charge in [-0.3, -0.25) is 0 Å². The molecule has 1 aliphatic rings. The molecule has 0 radical (unpaired) electrons. The monoisotopic (exact) mass is 293 g/mol. The summed E-state index contributed by atoms with van der Waals surface area (Å²) >= 11 is 5.24. The molecular weight excluding hydrogens is 274 g/mol. The molecule has 0 unspecified atom stereocenters. The summed E-state index contributed by atoms with van der Waals surface area (Å²) in [7, 11) is 1.82. The number of nitrogens with one attached hydrogen (secondary N) is 1. The lowest BCUT2D eigenvalue weighted by molar-refractivity contribution is 0.174. The van der Waals surface area contributed by atoms with Crippen molar-refractivity contribution in [3.63, 3.8) is 0 Å². The van der Waals surface area contributed by atoms with Gasteiger partial charge in [-0.25, -0.2) is 5.01 Å². The fourth-order valence-electron chi connectivity index (χ4n) is 1.69. The molecule has 2 rings (SSSR count). The molecule has 0 fully saturated rings. The van der Waals surface area contributed by atoms with Crippen LogP contribution in [0.15, 0.2) is 23.3 Å². The third-order valence-corrected chi connectivity index (χ3v) is 3.29. The molecule has 1 heterocycles. The van der Waals surface area contributed by atoms with E-state index in [1.807, 2.05) is 25.2 Å². The minimum Gasteiger partial charge on any atom is -0.454 e. The van der Waals surface area contributed by atoms with Crippen molar-refractivity contribution in [2.75, 3.05) is 20.4 Å². The second-order valence-electron chi connectivity index (χ2n) is 4.47. The molecular formula is C14H19N3O2S. The Morgan fingerprint density at radius 1 is 1.45 bits per heavy atom. The average Bonchev–Trinajstić information content (AvgIpc) is 2.92. The fraction of sp³-hybridized carbons (Fsp3) is 0.429. The molecule has 20 heavy (non-hydrogen) atoms. The van der Waals surface area contributed by atoms with Crippen molar-refractivity contribution >= 4 is 23.5 Å². The van der Waals surface area contributed by atoms with Gasteiger partial charge >= 0.3 is 0 Å². The van der Waals surface area contributed by atoms with Crippen molar-refractivity contribution in [2.24, 2.45) is 5.10 Å². The first-order valence-electron chi connectivity index (χ1n) is 6.66. The van der Waals surface area contributed by atoms with E-state index in [4.69, 9.17) is 21.7 Å². The minimum absolute atomic E-state index is 0.279. The Balaban J connectivity index is 1.90. The van der Waals surface area contributed by atoms with Crippen LogP contribution in [-0.4, -0.2) is 36.7 Å². The number of unbranched alkanes of at least 4 members (excludes halogenated alkanes) is 1. The van der Waals surface area contributed by atoms with Crippen LogP contribution in [0.1, 0.15) is 25.3 Å². The van der Waals surface area contributed by atoms with Crippen molar-refractivity contribution in [1.29, 1.82) is 0 Å². The van der Waals surface area contributed by atoms with Gasteiger partial charge in [0.2, 0.25) is 6.79 Å². The number of nitrogens with zero attached hydrogens (tertiary/aromatic N) is 2. The Morgan fingerprint density at radius 3 is 3.05 bits per heavy atom. The minimum atomic E-state index is 0.279. The summed E-state index contributed by atoms with van der Waals surface area (Å²) in [4.78, 5) is 0. The first kappa shape index (κ1) is 14.6. The van der Waals surface area contributed by atoms with Gasteiger partial charge < -0.3 is 14.8 Å². The molecule has 1 aromatic carbocycles. The lowest BCUT2D eigenvalue weighted by Crippen LogP contribution is -2.34. The summed E-state index contributed by atoms with van der Waals surface area (Å²) in [5.74, 6) is 1.52. The highest BCUT2D eigenvalue weighted by Crippen LogP contribution is 2.31. The van der Waals surface area contributed by atoms with Crippen LogP contribution < -0.4 is 14.8 Å². The second-order valence-corrected chi connectivity index (χ2v) is 4.85. The summed E-state index contributed by atoms with van der Waals surface area (Å²) in [6, 6.07) is 5.70. The SMILES string of the molecule is CCCCNC(=S)N(C)N=Cc1ccc2c(c1)OCO2. The molecule has 6 heteroatoms. The normalized spacial score (nSPS) is 12.7. The topological polar surface area (TPSA) is 46.1 Å². The largest absolute Gasteiger partial charge is 0.454 e. The van der Waals surface area contributed by atoms with Crippen LogP contribution >= 0.6 is 12.2 Å². The molecule has 0 aliphatic carbocycles. The van der Waals surface area contributed by atoms with Crippen LogP contribution in [0.25, 0.3) is 0 Å². The molecule has 1 aliphatic heterocycles. The number of hydrogen-bond acceptors (Lipinski definition) is 4. The van der Waals surface area contributed by atoms with E-state index in [1.165, 1.54) is 0 Å². The maximum absolute atomic E-state index is 5.32. The van der Waals surface area contributed by atoms with E-state index >= 15 is 0 Å². The smallest absolute Gasteiger partial charge is 0.231 e. The maximum Gasteiger partial charge on any atom is 0.231 e. The highest BCUT2D eigenvalue weighted by atomic mass is 32.1. The summed E-state index contributed by atoms with van der Waals surface area (Å²) in [6.07, 6.45) is 3.98. The molecule has 1 aromatic rings. The van der Waals surface area contributed by atoms with Gasteiger partial charge in [0, 0.05) is 13.6 Å². The Labute approximate surface area is 124 Å². The predicted molar refractivity (Wildman–Crippen MR) is 83.4 cm³/mol. The molecule has 5 nitrogen and oxygen atoms in total. The van der Waals surface area contributed by atoms with Gasteiger partial charge in [-0.15, -0.1) is 0 Å². The molecule has 0 saturated heterocycles. The Bertz CT molecular complexity index is 505. The quantitative estimate of drug-likeness (QED) is 0.391. The molecule has 0 saturated carbocycles. The molecule has 0 bridgehead atoms. The van der Waals surface area contributed by atoms with Crippen molar-refractivity contribution < 1.29 is 9.47 Å². The van der Waals surface area contributed by atoms with E-state index in [9.17, 15) is 0 Å². The van der Waals surface area contributed by atoms with E-state index in [-0.39, 0.29) is 6.79 Å². The second kappa shape index (κ2) is 7.09. The van der Waals surface area contributed by atoms with Gasteiger partial charge in [0.05, 0.1) is 6.21 Å². The lowest BCUT2D eigenvalue weighted by Gasteiger charge is -2.15. The van der Waals surface area contributed by atoms with Crippen LogP contribution in [0.5, 0.6) is 11.5 Å². The van der Waals surface area contributed by atoms with E-state index in [2.05, 4.69) is 17.3 Å². The summed E-state index contributed by atoms with van der Waals surface area (Å²) < 4.78 is 10.6. The van der Waals surface area contributed by atoms with E-state index < -0.39 is 0 Å². The number of hydrazone groups is 1. The van der Waals surface area contributed by atoms with Gasteiger partial charge in [-0.05, 0) is 42.4 Å². The van der Waals surface area contributed by atoms with Crippen molar-refractivity contribution in [2.45, 2.75) is 19.8 Å². The molecule has 0 aromatic heterocycles. The highest BCUT2D eigenvalue weighted by Gasteiger charge is 2.12. The van der Waals surface area contributed by atoms with Crippen molar-refractivity contribution in [3.8, 4) is 11.5 Å². The molecule has 0 atom stereocenters. The van der Waals surface area contributed by atoms with Crippen LogP contribution in [0.4, 0.5) is 0 Å². The Morgan fingerprint density at radius 2 is 2.25 bits per heavy atom. The van der Waals surface area contributed by atoms with Crippen molar-refractivity contribution in [1.82, 2.24) is 10.3 Å². The van der Waals surface area contributed by atoms with Crippen LogP contribution in [-0.2, 0) is 0 Å². The summed E-state index contributed by atoms with van der Waals surface area (Å²) in [6.45, 7) is 3.30. The third kappa shape index (κ3) is 3.84. The third-order valence-electron chi connectivity index (χ3n) is 2.88. The molecule has 0 amide bonds. The summed E-state index contributed by atoms with van der Waals surface area (Å²) in [5, 5.41) is 9.74. The average molecular weight is 293 g/mol. The zero-order valence-electron chi connectivity index (χ0n) is 11.8. The van der Waals surface area contributed by atoms with Gasteiger partial charge in [-0.1, -0.05) is 13.3 Å². The zero-order valence-corrected chi connectivity index (χ0v) is 12.6. The molecule has 1 N–H and O–H groups in total. The Kier molecular flexibility index (Phi) is 5.17. The molecule has 108 valence electrons. The van der Waals surface area contributed by atoms with Crippen molar-refractivity contribution in [3.05, 3.63) is 23.8 Å². The number of hydrogen-bond donors (Lipinski definition) is 1. The van der Waals surface area contributed by atoms with Crippen LogP contribution in [0, 0.1) is 0 Å². The number of thiocarbonyl (C=S) groups is 1. The standard InChI is InChI=1S/C14H19N3O2S/c1-3-4-7-15-14(20)17(2)16-9-11-5-6-12-13(8-11)19-10-18-12/h5-6,8-9H,3-4,7,10H2,1-2H3,(H,15,20). The van der Waals surface area contributed by atoms with E-state index in [0.29, 0.717) is 5.11 Å². The van der Waals surface area contributed by atoms with E-state index in [1.54, 1.807) is 11.2 Å². The number of rotatable bonds is 5. The van der Waals surface area contributed by atoms with Gasteiger partial charge in [0.1, 0.15) is 0 Å². The summed E-state index contributed by atoms with van der Waals surface area (Å²) in [5.41, 5.74) is 0.942. The molecule has 0 spiro atoms. The Hall–Kier alpha value is -1.82. The maximum atomic E-state index is 5.32. The van der Waals surface area contributed by atoms with Crippen LogP contribution in [0.3, 0.4) is 0 Å². The zero-order chi connectivity index (χ0) is 14.4. The highest BCUT2D eigenvalue weighted by molar-refractivity contribution is 7.80. The first-order valence-corrected chi connectivity index (χ1v) is 7.06. The van der Waals surface area contributed by atoms with Gasteiger partial charge in [-0.2, -0.15) is 5.10 Å². The first-order chi connectivity index (χ1) is 9.70. The number of benzene rings is 1. The van der Waals surface area contributed by atoms with Gasteiger partial charge in [0.25, 0.3) is 0 Å². The fourth-order valence-corrected chi connectivity index (χ4v) is 1.83. The van der Waals surface area contributed by atoms with Crippen LogP contribution in [0.2, 0.25) is 0 Å². The van der Waals surface area contributed by atoms with Gasteiger partial charge in [0.15, 0.2) is 16.6 Å². The lowest BCUT2D eigenvalue weighted by atomic mass is 10.2. The van der Waals surface area contributed by atoms with E-state index in [0.717, 1.165) is 36.4 Å². The number of ether oxygens (including phenoxy) is 2.